The van der Waals surface area contributed by atoms with Crippen LogP contribution in [0.5, 0.6) is 0 Å². The molecule has 2 unspecified atom stereocenters. The summed E-state index contributed by atoms with van der Waals surface area (Å²) in [6.45, 7) is 2.79. The number of carbonyl (C=O) groups is 2. The zero-order valence-electron chi connectivity index (χ0n) is 10.1. The van der Waals surface area contributed by atoms with Gasteiger partial charge in [0.15, 0.2) is 6.10 Å². The number of urea groups is 1. The topological polar surface area (TPSA) is 98.7 Å². The Morgan fingerprint density at radius 3 is 2.24 bits per heavy atom. The van der Waals surface area contributed by atoms with Gasteiger partial charge in [-0.3, -0.25) is 0 Å². The molecular weight excluding hydrogens is 244 g/mol. The molecule has 0 rings (SSSR count). The molecule has 0 heterocycles. The molecule has 0 aliphatic heterocycles. The average molecular weight is 264 g/mol. The highest BCUT2D eigenvalue weighted by atomic mass is 32.2. The molecule has 0 bridgehead atoms. The fourth-order valence-electron chi connectivity index (χ4n) is 1.02. The Kier molecular flexibility index (Phi) is 8.61. The van der Waals surface area contributed by atoms with Crippen molar-refractivity contribution in [1.29, 1.82) is 0 Å². The molecule has 2 atom stereocenters. The van der Waals surface area contributed by atoms with E-state index < -0.39 is 12.1 Å². The van der Waals surface area contributed by atoms with Gasteiger partial charge >= 0.3 is 12.0 Å². The van der Waals surface area contributed by atoms with Crippen LogP contribution in [0.1, 0.15) is 19.8 Å². The largest absolute Gasteiger partial charge is 0.479 e. The summed E-state index contributed by atoms with van der Waals surface area (Å²) in [6, 6.07) is -0.337. The minimum atomic E-state index is -1.42. The Morgan fingerprint density at radius 2 is 1.76 bits per heavy atom. The van der Waals surface area contributed by atoms with Crippen molar-refractivity contribution in [3.05, 3.63) is 0 Å². The van der Waals surface area contributed by atoms with E-state index in [4.69, 9.17) is 10.2 Å². The van der Waals surface area contributed by atoms with Gasteiger partial charge in [0, 0.05) is 24.8 Å². The number of carbonyl (C=O) groups excluding carboxylic acids is 1. The number of carboxylic acids is 1. The van der Waals surface area contributed by atoms with Gasteiger partial charge in [0.1, 0.15) is 0 Å². The first-order chi connectivity index (χ1) is 7.97. The molecule has 0 aromatic carbocycles. The van der Waals surface area contributed by atoms with E-state index in [1.54, 1.807) is 11.8 Å². The standard InChI is InChI=1S/C10H20N2O4S/c1-7(17-2)3-5-11-10(16)12-6-4-8(13)9(14)15/h7-8,13H,3-6H2,1-2H3,(H,14,15)(H2,11,12,16). The van der Waals surface area contributed by atoms with Crippen LogP contribution < -0.4 is 10.6 Å². The maximum atomic E-state index is 11.2. The highest BCUT2D eigenvalue weighted by Gasteiger charge is 2.12. The van der Waals surface area contributed by atoms with Gasteiger partial charge in [-0.25, -0.2) is 9.59 Å². The SMILES string of the molecule is CSC(C)CCNC(=O)NCCC(O)C(=O)O. The molecule has 6 nitrogen and oxygen atoms in total. The van der Waals surface area contributed by atoms with Crippen molar-refractivity contribution in [3.8, 4) is 0 Å². The van der Waals surface area contributed by atoms with Gasteiger partial charge in [-0.1, -0.05) is 6.92 Å². The highest BCUT2D eigenvalue weighted by Crippen LogP contribution is 2.07. The molecular formula is C10H20N2O4S. The van der Waals surface area contributed by atoms with E-state index in [1.807, 2.05) is 6.26 Å². The van der Waals surface area contributed by atoms with Crippen LogP contribution in [0.2, 0.25) is 0 Å². The van der Waals surface area contributed by atoms with Crippen LogP contribution in [-0.2, 0) is 4.79 Å². The molecule has 17 heavy (non-hydrogen) atoms. The van der Waals surface area contributed by atoms with Crippen LogP contribution in [0.3, 0.4) is 0 Å². The summed E-state index contributed by atoms with van der Waals surface area (Å²) in [5.41, 5.74) is 0. The quantitative estimate of drug-likeness (QED) is 0.504. The van der Waals surface area contributed by atoms with Crippen molar-refractivity contribution in [2.75, 3.05) is 19.3 Å². The number of hydrogen-bond donors (Lipinski definition) is 4. The summed E-state index contributed by atoms with van der Waals surface area (Å²) in [5, 5.41) is 23.0. The maximum absolute atomic E-state index is 11.2. The van der Waals surface area contributed by atoms with Crippen LogP contribution in [0.4, 0.5) is 4.79 Å². The summed E-state index contributed by atoms with van der Waals surface area (Å²) < 4.78 is 0. The number of hydrogen-bond acceptors (Lipinski definition) is 4. The number of amides is 2. The Labute approximate surface area is 105 Å². The molecule has 0 spiro atoms. The van der Waals surface area contributed by atoms with Gasteiger partial charge in [0.05, 0.1) is 0 Å². The fraction of sp³-hybridized carbons (Fsp3) is 0.800. The lowest BCUT2D eigenvalue weighted by Gasteiger charge is -2.10. The van der Waals surface area contributed by atoms with Gasteiger partial charge in [0.25, 0.3) is 0 Å². The molecule has 0 aliphatic carbocycles. The molecule has 2 amide bonds. The predicted molar refractivity (Wildman–Crippen MR) is 67.3 cm³/mol. The molecule has 0 aromatic heterocycles. The minimum Gasteiger partial charge on any atom is -0.479 e. The van der Waals surface area contributed by atoms with Crippen molar-refractivity contribution < 1.29 is 19.8 Å². The number of nitrogens with one attached hydrogen (secondary N) is 2. The third-order valence-corrected chi connectivity index (χ3v) is 3.27. The minimum absolute atomic E-state index is 0.00394. The van der Waals surface area contributed by atoms with Crippen molar-refractivity contribution in [3.63, 3.8) is 0 Å². The maximum Gasteiger partial charge on any atom is 0.332 e. The zero-order chi connectivity index (χ0) is 13.3. The molecule has 0 aromatic rings. The average Bonchev–Trinajstić information content (AvgIpc) is 2.28. The molecule has 0 aliphatic rings. The second-order valence-electron chi connectivity index (χ2n) is 3.66. The second kappa shape index (κ2) is 9.12. The molecule has 100 valence electrons. The smallest absolute Gasteiger partial charge is 0.332 e. The highest BCUT2D eigenvalue weighted by molar-refractivity contribution is 7.99. The number of rotatable bonds is 8. The van der Waals surface area contributed by atoms with E-state index in [9.17, 15) is 9.59 Å². The lowest BCUT2D eigenvalue weighted by atomic mass is 10.2. The summed E-state index contributed by atoms with van der Waals surface area (Å²) in [4.78, 5) is 21.5. The number of aliphatic hydroxyl groups is 1. The lowest BCUT2D eigenvalue weighted by Crippen LogP contribution is -2.38. The first-order valence-corrected chi connectivity index (χ1v) is 6.71. The molecule has 0 radical (unpaired) electrons. The van der Waals surface area contributed by atoms with Crippen LogP contribution in [-0.4, -0.2) is 52.9 Å². The van der Waals surface area contributed by atoms with Crippen molar-refractivity contribution in [2.45, 2.75) is 31.1 Å². The van der Waals surface area contributed by atoms with Crippen LogP contribution in [0, 0.1) is 0 Å². The monoisotopic (exact) mass is 264 g/mol. The van der Waals surface area contributed by atoms with Gasteiger partial charge in [-0.2, -0.15) is 11.8 Å². The van der Waals surface area contributed by atoms with Crippen molar-refractivity contribution in [1.82, 2.24) is 10.6 Å². The Morgan fingerprint density at radius 1 is 1.24 bits per heavy atom. The molecule has 0 fully saturated rings. The molecule has 0 saturated heterocycles. The van der Waals surface area contributed by atoms with E-state index in [2.05, 4.69) is 17.6 Å². The number of aliphatic hydroxyl groups excluding tert-OH is 1. The Hall–Kier alpha value is -0.950. The van der Waals surface area contributed by atoms with Gasteiger partial charge in [0.2, 0.25) is 0 Å². The molecule has 0 saturated carbocycles. The second-order valence-corrected chi connectivity index (χ2v) is 4.94. The van der Waals surface area contributed by atoms with Crippen molar-refractivity contribution >= 4 is 23.8 Å². The number of carboxylic acid groups (broad SMARTS) is 1. The summed E-state index contributed by atoms with van der Waals surface area (Å²) in [7, 11) is 0. The fourth-order valence-corrected chi connectivity index (χ4v) is 1.37. The Bertz CT molecular complexity index is 250. The van der Waals surface area contributed by atoms with E-state index in [0.717, 1.165) is 6.42 Å². The van der Waals surface area contributed by atoms with E-state index in [-0.39, 0.29) is 19.0 Å². The third kappa shape index (κ3) is 8.82. The number of thioether (sulfide) groups is 1. The zero-order valence-corrected chi connectivity index (χ0v) is 10.9. The first kappa shape index (κ1) is 16.1. The molecule has 7 heteroatoms. The van der Waals surface area contributed by atoms with Crippen molar-refractivity contribution in [2.24, 2.45) is 0 Å². The van der Waals surface area contributed by atoms with Gasteiger partial charge < -0.3 is 20.8 Å². The van der Waals surface area contributed by atoms with Gasteiger partial charge in [-0.15, -0.1) is 0 Å². The van der Waals surface area contributed by atoms with Crippen LogP contribution >= 0.6 is 11.8 Å². The van der Waals surface area contributed by atoms with E-state index >= 15 is 0 Å². The predicted octanol–water partition coefficient (Wildman–Crippen LogP) is 0.263. The summed E-state index contributed by atoms with van der Waals surface area (Å²) in [5.74, 6) is -1.28. The summed E-state index contributed by atoms with van der Waals surface area (Å²) >= 11 is 1.73. The summed E-state index contributed by atoms with van der Waals surface area (Å²) in [6.07, 6.45) is 1.47. The Balaban J connectivity index is 3.50. The number of aliphatic carboxylic acids is 1. The van der Waals surface area contributed by atoms with Crippen LogP contribution in [0.15, 0.2) is 0 Å². The third-order valence-electron chi connectivity index (χ3n) is 2.23. The van der Waals surface area contributed by atoms with E-state index in [1.165, 1.54) is 0 Å². The lowest BCUT2D eigenvalue weighted by molar-refractivity contribution is -0.146. The first-order valence-electron chi connectivity index (χ1n) is 5.42. The van der Waals surface area contributed by atoms with E-state index in [0.29, 0.717) is 11.8 Å². The van der Waals surface area contributed by atoms with Gasteiger partial charge in [-0.05, 0) is 12.7 Å². The molecule has 4 N–H and O–H groups in total. The van der Waals surface area contributed by atoms with Crippen LogP contribution in [0.25, 0.3) is 0 Å². The normalized spacial score (nSPS) is 13.8.